The van der Waals surface area contributed by atoms with Crippen LogP contribution in [0, 0.1) is 6.92 Å². The standard InChI is InChI=1S/C37H48N4O6S/c1-26-8-7-11-31-30-22-34(33(43-4)23-32(30)40-27(2)39-31)47-21-20-46-19-18-45-17-16-44-15-14-38-37(42)25-41(3)24-28-9-5-6-10-29(28)36-13-12-35(26)48-36/h5-6,9-10,12-13,22-23,26H,7-8,11,14-21,24-25H2,1-4H3,(H,38,42). The maximum absolute atomic E-state index is 12.6. The molecule has 0 aliphatic carbocycles. The zero-order valence-corrected chi connectivity index (χ0v) is 29.4. The normalized spacial score (nSPS) is 18.8. The Labute approximate surface area is 287 Å². The molecule has 1 aliphatic rings. The number of nitrogens with zero attached hydrogens (tertiary/aromatic N) is 3. The molecule has 1 N–H and O–H groups in total. The van der Waals surface area contributed by atoms with Crippen molar-refractivity contribution in [1.82, 2.24) is 20.2 Å². The minimum absolute atomic E-state index is 0.0219. The van der Waals surface area contributed by atoms with E-state index in [1.807, 2.05) is 42.3 Å². The number of methoxy groups -OCH3 is 1. The highest BCUT2D eigenvalue weighted by Crippen LogP contribution is 2.37. The zero-order chi connectivity index (χ0) is 33.7. The van der Waals surface area contributed by atoms with Crippen LogP contribution >= 0.6 is 11.3 Å². The third-order valence-electron chi connectivity index (χ3n) is 8.27. The monoisotopic (exact) mass is 676 g/mol. The number of thiophene rings is 1. The van der Waals surface area contributed by atoms with E-state index in [1.54, 1.807) is 7.11 Å². The Kier molecular flexibility index (Phi) is 13.6. The van der Waals surface area contributed by atoms with Crippen molar-refractivity contribution in [2.45, 2.75) is 45.6 Å². The molecule has 0 saturated heterocycles. The smallest absolute Gasteiger partial charge is 0.234 e. The molecule has 4 aromatic rings. The molecule has 0 saturated carbocycles. The fraction of sp³-hybridized carbons (Fsp3) is 0.486. The van der Waals surface area contributed by atoms with Gasteiger partial charge in [-0.05, 0) is 68.5 Å². The van der Waals surface area contributed by atoms with Crippen LogP contribution in [0.3, 0.4) is 0 Å². The molecule has 2 aromatic heterocycles. The second-order valence-electron chi connectivity index (χ2n) is 12.1. The van der Waals surface area contributed by atoms with Crippen molar-refractivity contribution < 1.29 is 28.5 Å². The number of amides is 1. The van der Waals surface area contributed by atoms with Crippen molar-refractivity contribution in [2.75, 3.05) is 73.5 Å². The number of hydrogen-bond donors (Lipinski definition) is 1. The highest BCUT2D eigenvalue weighted by atomic mass is 32.1. The highest BCUT2D eigenvalue weighted by Gasteiger charge is 2.16. The van der Waals surface area contributed by atoms with Gasteiger partial charge < -0.3 is 29.0 Å². The maximum Gasteiger partial charge on any atom is 0.234 e. The Bertz CT molecular complexity index is 1630. The predicted molar refractivity (Wildman–Crippen MR) is 189 cm³/mol. The molecular formula is C37H48N4O6S. The number of rotatable bonds is 1. The summed E-state index contributed by atoms with van der Waals surface area (Å²) in [6.45, 7) is 8.72. The first-order chi connectivity index (χ1) is 23.4. The molecule has 0 spiro atoms. The molecule has 48 heavy (non-hydrogen) atoms. The highest BCUT2D eigenvalue weighted by molar-refractivity contribution is 7.15. The van der Waals surface area contributed by atoms with E-state index in [0.717, 1.165) is 41.7 Å². The van der Waals surface area contributed by atoms with Gasteiger partial charge in [0.1, 0.15) is 12.4 Å². The van der Waals surface area contributed by atoms with Crippen LogP contribution < -0.4 is 14.8 Å². The molecule has 4 bridgehead atoms. The lowest BCUT2D eigenvalue weighted by Gasteiger charge is -2.18. The number of fused-ring (bicyclic) bond motifs is 5. The summed E-state index contributed by atoms with van der Waals surface area (Å²) in [5, 5.41) is 3.93. The summed E-state index contributed by atoms with van der Waals surface area (Å²) in [7, 11) is 3.62. The minimum Gasteiger partial charge on any atom is -0.493 e. The number of carbonyl (C=O) groups excluding carboxylic acids is 1. The van der Waals surface area contributed by atoms with Crippen molar-refractivity contribution >= 4 is 28.1 Å². The summed E-state index contributed by atoms with van der Waals surface area (Å²) in [6, 6.07) is 16.9. The summed E-state index contributed by atoms with van der Waals surface area (Å²) in [5.41, 5.74) is 4.29. The number of nitrogens with one attached hydrogen (secondary N) is 1. The summed E-state index contributed by atoms with van der Waals surface area (Å²) >= 11 is 1.85. The predicted octanol–water partition coefficient (Wildman–Crippen LogP) is 5.79. The SMILES string of the molecule is COc1cc2nc(C)nc3c2cc1OCCOCCOCCOCCNC(=O)CN(C)Cc1ccccc1-c1ccc(s1)C(C)CCC3. The van der Waals surface area contributed by atoms with Crippen LogP contribution in [0.1, 0.15) is 47.6 Å². The fourth-order valence-corrected chi connectivity index (χ4v) is 6.99. The number of benzene rings is 2. The molecule has 1 amide bonds. The van der Waals surface area contributed by atoms with Crippen molar-refractivity contribution in [1.29, 1.82) is 0 Å². The fourth-order valence-electron chi connectivity index (χ4n) is 5.83. The number of ether oxygens (including phenoxy) is 5. The molecule has 2 aromatic carbocycles. The van der Waals surface area contributed by atoms with Crippen LogP contribution in [0.15, 0.2) is 48.5 Å². The third kappa shape index (κ3) is 10.2. The minimum atomic E-state index is -0.0219. The van der Waals surface area contributed by atoms with Crippen LogP contribution in [0.4, 0.5) is 0 Å². The van der Waals surface area contributed by atoms with Crippen LogP contribution in [0.2, 0.25) is 0 Å². The van der Waals surface area contributed by atoms with E-state index in [1.165, 1.54) is 20.9 Å². The average molecular weight is 677 g/mol. The Balaban J connectivity index is 1.31. The summed E-state index contributed by atoms with van der Waals surface area (Å²) in [4.78, 5) is 26.8. The van der Waals surface area contributed by atoms with Gasteiger partial charge in [-0.15, -0.1) is 11.3 Å². The van der Waals surface area contributed by atoms with Crippen molar-refractivity contribution in [3.63, 3.8) is 0 Å². The van der Waals surface area contributed by atoms with Crippen LogP contribution in [0.25, 0.3) is 21.3 Å². The molecule has 1 aliphatic heterocycles. The van der Waals surface area contributed by atoms with Crippen molar-refractivity contribution in [3.05, 3.63) is 70.5 Å². The maximum atomic E-state index is 12.6. The van der Waals surface area contributed by atoms with E-state index in [0.29, 0.717) is 83.3 Å². The second kappa shape index (κ2) is 18.2. The lowest BCUT2D eigenvalue weighted by molar-refractivity contribution is -0.122. The first-order valence-corrected chi connectivity index (χ1v) is 17.6. The lowest BCUT2D eigenvalue weighted by Crippen LogP contribution is -2.36. The van der Waals surface area contributed by atoms with Gasteiger partial charge >= 0.3 is 0 Å². The van der Waals surface area contributed by atoms with Crippen LogP contribution in [-0.4, -0.2) is 94.3 Å². The van der Waals surface area contributed by atoms with Crippen molar-refractivity contribution in [3.8, 4) is 21.9 Å². The molecule has 10 nitrogen and oxygen atoms in total. The second-order valence-corrected chi connectivity index (χ2v) is 13.2. The van der Waals surface area contributed by atoms with Crippen LogP contribution in [-0.2, 0) is 32.0 Å². The zero-order valence-electron chi connectivity index (χ0n) is 28.6. The topological polar surface area (TPSA) is 104 Å². The number of carbonyl (C=O) groups is 1. The first kappa shape index (κ1) is 35.7. The lowest BCUT2D eigenvalue weighted by atomic mass is 10.00. The van der Waals surface area contributed by atoms with Gasteiger partial charge in [0.25, 0.3) is 0 Å². The molecular weight excluding hydrogens is 628 g/mol. The number of aromatic nitrogens is 2. The van der Waals surface area contributed by atoms with Gasteiger partial charge in [-0.1, -0.05) is 31.2 Å². The Morgan fingerprint density at radius 1 is 0.938 bits per heavy atom. The number of hydrogen-bond acceptors (Lipinski definition) is 10. The van der Waals surface area contributed by atoms with Crippen molar-refractivity contribution in [2.24, 2.45) is 0 Å². The molecule has 0 fully saturated rings. The third-order valence-corrected chi connectivity index (χ3v) is 9.62. The average Bonchev–Trinajstić information content (AvgIpc) is 3.57. The van der Waals surface area contributed by atoms with Gasteiger partial charge in [0.05, 0.1) is 64.5 Å². The molecule has 0 radical (unpaired) electrons. The summed E-state index contributed by atoms with van der Waals surface area (Å²) in [6.07, 6.45) is 2.87. The quantitative estimate of drug-likeness (QED) is 0.268. The van der Waals surface area contributed by atoms with E-state index in [4.69, 9.17) is 33.7 Å². The number of likely N-dealkylation sites (N-methyl/N-ethyl adjacent to an activating group) is 1. The van der Waals surface area contributed by atoms with Crippen LogP contribution in [0.5, 0.6) is 11.5 Å². The molecule has 11 heteroatoms. The van der Waals surface area contributed by atoms with Gasteiger partial charge in [0.2, 0.25) is 5.91 Å². The molecule has 258 valence electrons. The Morgan fingerprint density at radius 3 is 2.48 bits per heavy atom. The van der Waals surface area contributed by atoms with Gasteiger partial charge in [0.15, 0.2) is 11.5 Å². The number of aryl methyl sites for hydroxylation is 2. The molecule has 5 rings (SSSR count). The molecule has 1 atom stereocenters. The first-order valence-electron chi connectivity index (χ1n) is 16.8. The molecule has 3 heterocycles. The summed E-state index contributed by atoms with van der Waals surface area (Å²) in [5.74, 6) is 2.42. The van der Waals surface area contributed by atoms with Gasteiger partial charge in [-0.25, -0.2) is 9.97 Å². The largest absolute Gasteiger partial charge is 0.493 e. The molecule has 1 unspecified atom stereocenters. The van der Waals surface area contributed by atoms with E-state index in [2.05, 4.69) is 48.6 Å². The van der Waals surface area contributed by atoms with Gasteiger partial charge in [0, 0.05) is 34.3 Å². The van der Waals surface area contributed by atoms with E-state index >= 15 is 0 Å². The Morgan fingerprint density at radius 2 is 1.69 bits per heavy atom. The van der Waals surface area contributed by atoms with Gasteiger partial charge in [-0.2, -0.15) is 0 Å². The summed E-state index contributed by atoms with van der Waals surface area (Å²) < 4.78 is 28.6. The van der Waals surface area contributed by atoms with E-state index in [-0.39, 0.29) is 5.91 Å². The van der Waals surface area contributed by atoms with E-state index < -0.39 is 0 Å². The Hall–Kier alpha value is -3.61. The van der Waals surface area contributed by atoms with Gasteiger partial charge in [-0.3, -0.25) is 9.69 Å². The van der Waals surface area contributed by atoms with E-state index in [9.17, 15) is 4.79 Å².